The van der Waals surface area contributed by atoms with Gasteiger partial charge in [0, 0.05) is 19.0 Å². The summed E-state index contributed by atoms with van der Waals surface area (Å²) in [4.78, 5) is 13.9. The third kappa shape index (κ3) is 4.65. The van der Waals surface area contributed by atoms with Crippen LogP contribution in [0.15, 0.2) is 0 Å². The Hall–Kier alpha value is -0.570. The molecule has 0 spiro atoms. The summed E-state index contributed by atoms with van der Waals surface area (Å²) >= 11 is 0. The second kappa shape index (κ2) is 5.50. The molecule has 1 atom stereocenters. The lowest BCUT2D eigenvalue weighted by atomic mass is 10.1. The number of amides is 1. The first-order valence-corrected chi connectivity index (χ1v) is 5.98. The third-order valence-electron chi connectivity index (χ3n) is 2.65. The van der Waals surface area contributed by atoms with Crippen LogP contribution in [-0.4, -0.2) is 34.6 Å². The Kier molecular flexibility index (Phi) is 4.58. The summed E-state index contributed by atoms with van der Waals surface area (Å²) in [5.74, 6) is 0.744. The molecule has 1 rings (SSSR count). The van der Waals surface area contributed by atoms with E-state index in [9.17, 15) is 4.79 Å². The molecule has 3 nitrogen and oxygen atoms in total. The largest absolute Gasteiger partial charge is 0.393 e. The first-order valence-electron chi connectivity index (χ1n) is 5.98. The Morgan fingerprint density at radius 3 is 2.40 bits per heavy atom. The van der Waals surface area contributed by atoms with E-state index in [0.29, 0.717) is 24.8 Å². The van der Waals surface area contributed by atoms with Crippen LogP contribution in [0.25, 0.3) is 0 Å². The molecule has 0 saturated heterocycles. The molecule has 0 radical (unpaired) electrons. The Morgan fingerprint density at radius 2 is 2.00 bits per heavy atom. The van der Waals surface area contributed by atoms with Gasteiger partial charge in [-0.25, -0.2) is 0 Å². The van der Waals surface area contributed by atoms with Crippen LogP contribution in [-0.2, 0) is 4.79 Å². The van der Waals surface area contributed by atoms with Crippen molar-refractivity contribution in [3.05, 3.63) is 0 Å². The summed E-state index contributed by atoms with van der Waals surface area (Å²) in [6.07, 6.45) is 3.02. The molecule has 1 aliphatic carbocycles. The Balaban J connectivity index is 2.37. The van der Waals surface area contributed by atoms with Gasteiger partial charge in [-0.1, -0.05) is 13.8 Å². The van der Waals surface area contributed by atoms with Crippen molar-refractivity contribution in [3.63, 3.8) is 0 Å². The molecule has 0 aromatic heterocycles. The van der Waals surface area contributed by atoms with Gasteiger partial charge in [-0.15, -0.1) is 0 Å². The van der Waals surface area contributed by atoms with Crippen molar-refractivity contribution in [1.29, 1.82) is 0 Å². The van der Waals surface area contributed by atoms with Crippen LogP contribution < -0.4 is 0 Å². The quantitative estimate of drug-likeness (QED) is 0.731. The lowest BCUT2D eigenvalue weighted by Crippen LogP contribution is -2.36. The topological polar surface area (TPSA) is 40.5 Å². The highest BCUT2D eigenvalue weighted by atomic mass is 16.3. The molecule has 0 aromatic carbocycles. The van der Waals surface area contributed by atoms with Crippen LogP contribution in [0.1, 0.15) is 46.5 Å². The lowest BCUT2D eigenvalue weighted by molar-refractivity contribution is -0.132. The minimum atomic E-state index is -0.367. The van der Waals surface area contributed by atoms with Crippen LogP contribution >= 0.6 is 0 Å². The number of aliphatic hydroxyl groups is 1. The monoisotopic (exact) mass is 213 g/mol. The smallest absolute Gasteiger partial charge is 0.222 e. The first kappa shape index (κ1) is 12.5. The van der Waals surface area contributed by atoms with Crippen LogP contribution in [0.3, 0.4) is 0 Å². The molecule has 1 N–H and O–H groups in total. The standard InChI is InChI=1S/C12H23NO2/c1-9(2)8-13(11-5-6-11)12(15)7-4-10(3)14/h9-11,14H,4-8H2,1-3H3. The molecule has 15 heavy (non-hydrogen) atoms. The summed E-state index contributed by atoms with van der Waals surface area (Å²) < 4.78 is 0. The maximum atomic E-state index is 11.9. The van der Waals surface area contributed by atoms with Gasteiger partial charge in [-0.2, -0.15) is 0 Å². The van der Waals surface area contributed by atoms with Gasteiger partial charge in [0.05, 0.1) is 6.10 Å². The predicted octanol–water partition coefficient (Wildman–Crippen LogP) is 1.79. The summed E-state index contributed by atoms with van der Waals surface area (Å²) in [5.41, 5.74) is 0. The Bertz CT molecular complexity index is 210. The molecule has 1 amide bonds. The van der Waals surface area contributed by atoms with Crippen LogP contribution in [0.4, 0.5) is 0 Å². The molecule has 3 heteroatoms. The highest BCUT2D eigenvalue weighted by Crippen LogP contribution is 2.28. The number of rotatable bonds is 6. The summed E-state index contributed by atoms with van der Waals surface area (Å²) in [6, 6.07) is 0.494. The molecule has 0 heterocycles. The fraction of sp³-hybridized carbons (Fsp3) is 0.917. The molecule has 0 aromatic rings. The van der Waals surface area contributed by atoms with E-state index >= 15 is 0 Å². The van der Waals surface area contributed by atoms with E-state index in [4.69, 9.17) is 5.11 Å². The summed E-state index contributed by atoms with van der Waals surface area (Å²) in [6.45, 7) is 6.87. The van der Waals surface area contributed by atoms with Gasteiger partial charge < -0.3 is 10.0 Å². The van der Waals surface area contributed by atoms with Crippen LogP contribution in [0.2, 0.25) is 0 Å². The molecule has 88 valence electrons. The lowest BCUT2D eigenvalue weighted by Gasteiger charge is -2.24. The molecule has 1 saturated carbocycles. The Morgan fingerprint density at radius 1 is 1.40 bits per heavy atom. The van der Waals surface area contributed by atoms with E-state index in [-0.39, 0.29) is 12.0 Å². The fourth-order valence-corrected chi connectivity index (χ4v) is 1.71. The van der Waals surface area contributed by atoms with Gasteiger partial charge >= 0.3 is 0 Å². The van der Waals surface area contributed by atoms with E-state index < -0.39 is 0 Å². The Labute approximate surface area is 92.5 Å². The predicted molar refractivity (Wildman–Crippen MR) is 60.5 cm³/mol. The number of carbonyl (C=O) groups is 1. The van der Waals surface area contributed by atoms with Gasteiger partial charge in [0.15, 0.2) is 0 Å². The number of hydrogen-bond acceptors (Lipinski definition) is 2. The zero-order valence-electron chi connectivity index (χ0n) is 10.1. The average Bonchev–Trinajstić information content (AvgIpc) is 2.93. The van der Waals surface area contributed by atoms with Gasteiger partial charge in [0.2, 0.25) is 5.91 Å². The van der Waals surface area contributed by atoms with E-state index in [1.165, 1.54) is 0 Å². The number of carbonyl (C=O) groups excluding carboxylic acids is 1. The van der Waals surface area contributed by atoms with Crippen molar-refractivity contribution in [1.82, 2.24) is 4.90 Å². The minimum absolute atomic E-state index is 0.215. The second-order valence-corrected chi connectivity index (χ2v) is 5.06. The average molecular weight is 213 g/mol. The molecule has 1 aliphatic rings. The van der Waals surface area contributed by atoms with Crippen molar-refractivity contribution in [2.45, 2.75) is 58.6 Å². The van der Waals surface area contributed by atoms with Crippen molar-refractivity contribution in [3.8, 4) is 0 Å². The van der Waals surface area contributed by atoms with Crippen molar-refractivity contribution < 1.29 is 9.90 Å². The third-order valence-corrected chi connectivity index (χ3v) is 2.65. The molecule has 1 unspecified atom stereocenters. The zero-order valence-corrected chi connectivity index (χ0v) is 10.1. The van der Waals surface area contributed by atoms with E-state index in [1.54, 1.807) is 6.92 Å². The summed E-state index contributed by atoms with van der Waals surface area (Å²) in [7, 11) is 0. The zero-order chi connectivity index (χ0) is 11.4. The van der Waals surface area contributed by atoms with Gasteiger partial charge in [-0.05, 0) is 32.1 Å². The highest BCUT2D eigenvalue weighted by Gasteiger charge is 2.32. The van der Waals surface area contributed by atoms with Crippen LogP contribution in [0.5, 0.6) is 0 Å². The van der Waals surface area contributed by atoms with Gasteiger partial charge in [0.1, 0.15) is 0 Å². The maximum absolute atomic E-state index is 11.9. The fourth-order valence-electron chi connectivity index (χ4n) is 1.71. The molecular formula is C12H23NO2. The summed E-state index contributed by atoms with van der Waals surface area (Å²) in [5, 5.41) is 9.15. The van der Waals surface area contributed by atoms with Gasteiger partial charge in [-0.3, -0.25) is 4.79 Å². The normalized spacial score (nSPS) is 17.9. The molecule has 0 bridgehead atoms. The van der Waals surface area contributed by atoms with Crippen molar-refractivity contribution in [2.75, 3.05) is 6.54 Å². The molecule has 1 fully saturated rings. The molecular weight excluding hydrogens is 190 g/mol. The maximum Gasteiger partial charge on any atom is 0.222 e. The van der Waals surface area contributed by atoms with E-state index in [2.05, 4.69) is 13.8 Å². The van der Waals surface area contributed by atoms with Crippen LogP contribution in [0, 0.1) is 5.92 Å². The second-order valence-electron chi connectivity index (χ2n) is 5.06. The van der Waals surface area contributed by atoms with Crippen molar-refractivity contribution >= 4 is 5.91 Å². The molecule has 0 aliphatic heterocycles. The first-order chi connectivity index (χ1) is 7.00. The SMILES string of the molecule is CC(C)CN(C(=O)CCC(C)O)C1CC1. The van der Waals surface area contributed by atoms with E-state index in [1.807, 2.05) is 4.90 Å². The minimum Gasteiger partial charge on any atom is -0.393 e. The number of hydrogen-bond donors (Lipinski definition) is 1. The number of nitrogens with zero attached hydrogens (tertiary/aromatic N) is 1. The highest BCUT2D eigenvalue weighted by molar-refractivity contribution is 5.76. The van der Waals surface area contributed by atoms with Gasteiger partial charge in [0.25, 0.3) is 0 Å². The van der Waals surface area contributed by atoms with E-state index in [0.717, 1.165) is 19.4 Å². The number of aliphatic hydroxyl groups excluding tert-OH is 1. The van der Waals surface area contributed by atoms with Crippen molar-refractivity contribution in [2.24, 2.45) is 5.92 Å².